The summed E-state index contributed by atoms with van der Waals surface area (Å²) < 4.78 is 12.8. The van der Waals surface area contributed by atoms with E-state index in [2.05, 4.69) is 24.3 Å². The first-order valence-electron chi connectivity index (χ1n) is 7.69. The zero-order valence-electron chi connectivity index (χ0n) is 13.4. The first-order valence-corrected chi connectivity index (χ1v) is 7.69. The van der Waals surface area contributed by atoms with Crippen molar-refractivity contribution in [3.05, 3.63) is 60.9 Å². The second-order valence-electron chi connectivity index (χ2n) is 5.66. The number of fused-ring (bicyclic) bond motifs is 4. The van der Waals surface area contributed by atoms with Gasteiger partial charge in [0.1, 0.15) is 0 Å². The van der Waals surface area contributed by atoms with Gasteiger partial charge in [-0.3, -0.25) is 4.79 Å². The highest BCUT2D eigenvalue weighted by atomic mass is 16.6. The van der Waals surface area contributed by atoms with Crippen LogP contribution in [0.1, 0.15) is 6.92 Å². The van der Waals surface area contributed by atoms with Gasteiger partial charge in [-0.1, -0.05) is 18.2 Å². The second-order valence-corrected chi connectivity index (χ2v) is 5.66. The van der Waals surface area contributed by atoms with Crippen LogP contribution < -0.4 is 13.9 Å². The molecule has 0 bridgehead atoms. The molecule has 4 nitrogen and oxygen atoms in total. The third-order valence-corrected chi connectivity index (χ3v) is 4.15. The minimum Gasteiger partial charge on any atom is -0.493 e. The molecule has 2 aromatic heterocycles. The number of ether oxygens (including phenoxy) is 2. The Kier molecular flexibility index (Phi) is 3.31. The Morgan fingerprint density at radius 1 is 1.00 bits per heavy atom. The van der Waals surface area contributed by atoms with E-state index in [9.17, 15) is 4.79 Å². The van der Waals surface area contributed by atoms with Gasteiger partial charge in [-0.15, -0.1) is 0 Å². The van der Waals surface area contributed by atoms with Gasteiger partial charge in [0.25, 0.3) is 0 Å². The first-order chi connectivity index (χ1) is 11.7. The molecular weight excluding hydrogens is 302 g/mol. The molecule has 118 valence electrons. The Bertz CT molecular complexity index is 1100. The molecule has 0 aliphatic rings. The maximum absolute atomic E-state index is 11.5. The lowest BCUT2D eigenvalue weighted by atomic mass is 10.1. The molecule has 0 amide bonds. The van der Waals surface area contributed by atoms with Gasteiger partial charge in [0.05, 0.1) is 17.9 Å². The number of esters is 1. The monoisotopic (exact) mass is 318 g/mol. The number of aromatic nitrogens is 1. The standard InChI is InChI=1S/C20H16NO3/c1-13(22)24-20-17-12-21-10-9-14-5-3-4-6-16(14)18(21)11-15(17)7-8-19(20)23-2/h3-12H,1-2H3/q+1. The fourth-order valence-corrected chi connectivity index (χ4v) is 3.07. The van der Waals surface area contributed by atoms with Gasteiger partial charge in [-0.05, 0) is 29.0 Å². The molecule has 4 heteroatoms. The van der Waals surface area contributed by atoms with E-state index in [1.807, 2.05) is 41.1 Å². The van der Waals surface area contributed by atoms with Gasteiger partial charge < -0.3 is 9.47 Å². The summed E-state index contributed by atoms with van der Waals surface area (Å²) in [6.45, 7) is 1.39. The molecule has 0 unspecified atom stereocenters. The third-order valence-electron chi connectivity index (χ3n) is 4.15. The van der Waals surface area contributed by atoms with E-state index < -0.39 is 0 Å². The zero-order chi connectivity index (χ0) is 16.7. The van der Waals surface area contributed by atoms with Gasteiger partial charge >= 0.3 is 5.97 Å². The average Bonchev–Trinajstić information content (AvgIpc) is 2.60. The smallest absolute Gasteiger partial charge is 0.308 e. The van der Waals surface area contributed by atoms with E-state index in [0.717, 1.165) is 16.3 Å². The molecular formula is C20H16NO3+. The zero-order valence-corrected chi connectivity index (χ0v) is 13.4. The van der Waals surface area contributed by atoms with Crippen molar-refractivity contribution in [3.63, 3.8) is 0 Å². The minimum absolute atomic E-state index is 0.371. The fourth-order valence-electron chi connectivity index (χ4n) is 3.07. The number of methoxy groups -OCH3 is 1. The fraction of sp³-hybridized carbons (Fsp3) is 0.100. The summed E-state index contributed by atoms with van der Waals surface area (Å²) in [5.74, 6) is 0.618. The van der Waals surface area contributed by atoms with Crippen molar-refractivity contribution in [2.45, 2.75) is 6.92 Å². The maximum Gasteiger partial charge on any atom is 0.308 e. The Morgan fingerprint density at radius 2 is 1.83 bits per heavy atom. The Morgan fingerprint density at radius 3 is 2.62 bits per heavy atom. The molecule has 0 aliphatic heterocycles. The van der Waals surface area contributed by atoms with Crippen LogP contribution in [0.5, 0.6) is 11.5 Å². The van der Waals surface area contributed by atoms with Gasteiger partial charge in [-0.25, -0.2) is 0 Å². The highest BCUT2D eigenvalue weighted by Crippen LogP contribution is 2.35. The molecule has 0 saturated heterocycles. The number of carbonyl (C=O) groups is 1. The van der Waals surface area contributed by atoms with Gasteiger partial charge in [0, 0.05) is 19.1 Å². The molecule has 0 spiro atoms. The van der Waals surface area contributed by atoms with E-state index in [1.54, 1.807) is 7.11 Å². The summed E-state index contributed by atoms with van der Waals surface area (Å²) in [4.78, 5) is 11.5. The lowest BCUT2D eigenvalue weighted by Crippen LogP contribution is -2.20. The molecule has 0 radical (unpaired) electrons. The van der Waals surface area contributed by atoms with Crippen LogP contribution in [0.4, 0.5) is 0 Å². The quantitative estimate of drug-likeness (QED) is 0.186. The summed E-state index contributed by atoms with van der Waals surface area (Å²) in [5, 5.41) is 4.18. The summed E-state index contributed by atoms with van der Waals surface area (Å²) in [6, 6.07) is 16.2. The van der Waals surface area contributed by atoms with Crippen LogP contribution in [0.2, 0.25) is 0 Å². The van der Waals surface area contributed by atoms with E-state index in [1.165, 1.54) is 17.7 Å². The summed E-state index contributed by atoms with van der Waals surface area (Å²) in [6.07, 6.45) is 3.98. The molecule has 2 aromatic carbocycles. The third kappa shape index (κ3) is 2.24. The highest BCUT2D eigenvalue weighted by Gasteiger charge is 2.17. The number of carbonyl (C=O) groups excluding carboxylic acids is 1. The van der Waals surface area contributed by atoms with Crippen LogP contribution in [-0.2, 0) is 4.79 Å². The molecule has 0 fully saturated rings. The Balaban J connectivity index is 2.10. The first kappa shape index (κ1) is 14.5. The van der Waals surface area contributed by atoms with Crippen molar-refractivity contribution < 1.29 is 18.7 Å². The topological polar surface area (TPSA) is 39.6 Å². The van der Waals surface area contributed by atoms with Crippen LogP contribution >= 0.6 is 0 Å². The normalized spacial score (nSPS) is 11.1. The predicted octanol–water partition coefficient (Wildman–Crippen LogP) is 3.67. The molecule has 4 rings (SSSR count). The summed E-state index contributed by atoms with van der Waals surface area (Å²) in [5.41, 5.74) is 1.10. The largest absolute Gasteiger partial charge is 0.493 e. The van der Waals surface area contributed by atoms with Crippen LogP contribution in [-0.4, -0.2) is 13.1 Å². The molecule has 0 saturated carbocycles. The number of nitrogens with zero attached hydrogens (tertiary/aromatic N) is 1. The van der Waals surface area contributed by atoms with Crippen LogP contribution in [0.3, 0.4) is 0 Å². The van der Waals surface area contributed by atoms with Crippen molar-refractivity contribution in [2.75, 3.05) is 7.11 Å². The lowest BCUT2D eigenvalue weighted by molar-refractivity contribution is -0.509. The number of benzene rings is 2. The van der Waals surface area contributed by atoms with Gasteiger partial charge in [0.2, 0.25) is 5.52 Å². The van der Waals surface area contributed by atoms with Crippen molar-refractivity contribution in [1.82, 2.24) is 0 Å². The van der Waals surface area contributed by atoms with E-state index in [4.69, 9.17) is 9.47 Å². The van der Waals surface area contributed by atoms with Crippen molar-refractivity contribution in [1.29, 1.82) is 0 Å². The Labute approximate surface area is 138 Å². The average molecular weight is 318 g/mol. The van der Waals surface area contributed by atoms with E-state index >= 15 is 0 Å². The SMILES string of the molecule is COc1ccc2cc3c4ccccc4cc[n+]3cc2c1OC(C)=O. The van der Waals surface area contributed by atoms with Crippen molar-refractivity contribution in [2.24, 2.45) is 0 Å². The molecule has 4 aromatic rings. The predicted molar refractivity (Wildman–Crippen MR) is 92.5 cm³/mol. The highest BCUT2D eigenvalue weighted by molar-refractivity contribution is 5.99. The summed E-state index contributed by atoms with van der Waals surface area (Å²) >= 11 is 0. The number of rotatable bonds is 2. The van der Waals surface area contributed by atoms with Crippen molar-refractivity contribution in [3.8, 4) is 11.5 Å². The molecule has 2 heterocycles. The maximum atomic E-state index is 11.5. The van der Waals surface area contributed by atoms with Crippen molar-refractivity contribution >= 4 is 33.0 Å². The molecule has 0 aliphatic carbocycles. The van der Waals surface area contributed by atoms with E-state index in [0.29, 0.717) is 11.5 Å². The minimum atomic E-state index is -0.371. The Hall–Kier alpha value is -3.14. The molecule has 0 N–H and O–H groups in total. The number of hydrogen-bond donors (Lipinski definition) is 0. The molecule has 24 heavy (non-hydrogen) atoms. The second kappa shape index (κ2) is 5.49. The number of hydrogen-bond acceptors (Lipinski definition) is 3. The van der Waals surface area contributed by atoms with Crippen LogP contribution in [0, 0.1) is 0 Å². The van der Waals surface area contributed by atoms with Crippen LogP contribution in [0.25, 0.3) is 27.1 Å². The van der Waals surface area contributed by atoms with E-state index in [-0.39, 0.29) is 5.97 Å². The lowest BCUT2D eigenvalue weighted by Gasteiger charge is -2.10. The van der Waals surface area contributed by atoms with Gasteiger partial charge in [0.15, 0.2) is 23.9 Å². The molecule has 0 atom stereocenters. The van der Waals surface area contributed by atoms with Crippen LogP contribution in [0.15, 0.2) is 60.9 Å². The van der Waals surface area contributed by atoms with Gasteiger partial charge in [-0.2, -0.15) is 4.40 Å². The number of pyridine rings is 2. The summed E-state index contributed by atoms with van der Waals surface area (Å²) in [7, 11) is 1.57.